The Kier molecular flexibility index (Phi) is 5.93. The first-order chi connectivity index (χ1) is 14.7. The molecule has 0 atom stereocenters. The number of piperidine rings is 1. The zero-order valence-electron chi connectivity index (χ0n) is 18.3. The lowest BCUT2D eigenvalue weighted by Crippen LogP contribution is -2.51. The summed E-state index contributed by atoms with van der Waals surface area (Å²) in [6.45, 7) is 5.02. The lowest BCUT2D eigenvalue weighted by atomic mass is 9.84. The number of ether oxygens (including phenoxy) is 1. The van der Waals surface area contributed by atoms with Crippen molar-refractivity contribution in [2.24, 2.45) is 7.05 Å². The molecule has 2 aromatic rings. The molecule has 0 radical (unpaired) electrons. The molecule has 0 saturated carbocycles. The number of fused-ring (bicyclic) bond motifs is 1. The zero-order chi connectivity index (χ0) is 22.2. The summed E-state index contributed by atoms with van der Waals surface area (Å²) in [4.78, 5) is 12.5. The molecule has 2 aliphatic rings. The van der Waals surface area contributed by atoms with Crippen molar-refractivity contribution in [1.29, 1.82) is 0 Å². The van der Waals surface area contributed by atoms with E-state index in [4.69, 9.17) is 4.74 Å². The highest BCUT2D eigenvalue weighted by Crippen LogP contribution is 2.38. The number of carbonyl (C=O) groups excluding carboxylic acids is 1. The molecule has 0 unspecified atom stereocenters. The molecule has 2 aliphatic heterocycles. The average Bonchev–Trinajstić information content (AvgIpc) is 3.04. The molecule has 0 aliphatic carbocycles. The van der Waals surface area contributed by atoms with E-state index in [0.717, 1.165) is 16.8 Å². The Bertz CT molecular complexity index is 1050. The molecule has 8 nitrogen and oxygen atoms in total. The van der Waals surface area contributed by atoms with Gasteiger partial charge in [0.2, 0.25) is 10.0 Å². The summed E-state index contributed by atoms with van der Waals surface area (Å²) in [6.07, 6.45) is 1.88. The number of hydrogen-bond acceptors (Lipinski definition) is 5. The van der Waals surface area contributed by atoms with Crippen molar-refractivity contribution in [3.63, 3.8) is 0 Å². The number of rotatable bonds is 5. The van der Waals surface area contributed by atoms with Gasteiger partial charge in [0, 0.05) is 43.9 Å². The first kappa shape index (κ1) is 22.0. The summed E-state index contributed by atoms with van der Waals surface area (Å²) in [5.74, 6) is -0.171. The van der Waals surface area contributed by atoms with Crippen LogP contribution in [0.15, 0.2) is 30.3 Å². The SMILES string of the molecule is CC(C)NC(=O)c1nn(C)c2c1COC1(CCN(S(=O)(=O)Cc3ccccc3)CC1)C2. The van der Waals surface area contributed by atoms with Gasteiger partial charge in [-0.3, -0.25) is 9.48 Å². The van der Waals surface area contributed by atoms with E-state index < -0.39 is 15.6 Å². The normalized spacial score (nSPS) is 18.8. The van der Waals surface area contributed by atoms with Crippen LogP contribution in [0.4, 0.5) is 0 Å². The third-order valence-electron chi connectivity index (χ3n) is 6.14. The largest absolute Gasteiger partial charge is 0.370 e. The maximum Gasteiger partial charge on any atom is 0.272 e. The predicted octanol–water partition coefficient (Wildman–Crippen LogP) is 2.00. The molecule has 168 valence electrons. The minimum absolute atomic E-state index is 0.0158. The number of sulfonamides is 1. The first-order valence-corrected chi connectivity index (χ1v) is 12.3. The molecule has 1 aromatic heterocycles. The highest BCUT2D eigenvalue weighted by Gasteiger charge is 2.43. The van der Waals surface area contributed by atoms with E-state index in [2.05, 4.69) is 10.4 Å². The van der Waals surface area contributed by atoms with Gasteiger partial charge >= 0.3 is 0 Å². The van der Waals surface area contributed by atoms with Gasteiger partial charge in [0.1, 0.15) is 0 Å². The van der Waals surface area contributed by atoms with Crippen LogP contribution in [-0.2, 0) is 40.6 Å². The number of amides is 1. The summed E-state index contributed by atoms with van der Waals surface area (Å²) in [6, 6.07) is 9.29. The monoisotopic (exact) mass is 446 g/mol. The first-order valence-electron chi connectivity index (χ1n) is 10.7. The Hall–Kier alpha value is -2.23. The van der Waals surface area contributed by atoms with Crippen LogP contribution in [0.2, 0.25) is 0 Å². The third kappa shape index (κ3) is 4.53. The van der Waals surface area contributed by atoms with Crippen molar-refractivity contribution in [2.75, 3.05) is 13.1 Å². The highest BCUT2D eigenvalue weighted by atomic mass is 32.2. The molecular weight excluding hydrogens is 416 g/mol. The Morgan fingerprint density at radius 3 is 2.55 bits per heavy atom. The van der Waals surface area contributed by atoms with Gasteiger partial charge < -0.3 is 10.1 Å². The van der Waals surface area contributed by atoms with Gasteiger partial charge in [0.25, 0.3) is 5.91 Å². The molecule has 1 aromatic carbocycles. The Morgan fingerprint density at radius 1 is 1.23 bits per heavy atom. The minimum atomic E-state index is -3.37. The highest BCUT2D eigenvalue weighted by molar-refractivity contribution is 7.88. The number of nitrogens with one attached hydrogen (secondary N) is 1. The molecule has 1 N–H and O–H groups in total. The summed E-state index contributed by atoms with van der Waals surface area (Å²) < 4.78 is 35.4. The number of aromatic nitrogens is 2. The molecule has 1 fully saturated rings. The number of benzene rings is 1. The summed E-state index contributed by atoms with van der Waals surface area (Å²) in [5.41, 5.74) is 2.64. The summed E-state index contributed by atoms with van der Waals surface area (Å²) in [7, 11) is -1.52. The molecule has 9 heteroatoms. The van der Waals surface area contributed by atoms with E-state index >= 15 is 0 Å². The lowest BCUT2D eigenvalue weighted by molar-refractivity contribution is -0.0951. The molecule has 31 heavy (non-hydrogen) atoms. The predicted molar refractivity (Wildman–Crippen MR) is 117 cm³/mol. The van der Waals surface area contributed by atoms with Gasteiger partial charge in [0.15, 0.2) is 5.69 Å². The number of hydrogen-bond donors (Lipinski definition) is 1. The third-order valence-corrected chi connectivity index (χ3v) is 7.99. The summed E-state index contributed by atoms with van der Waals surface area (Å²) in [5, 5.41) is 7.33. The molecule has 1 amide bonds. The zero-order valence-corrected chi connectivity index (χ0v) is 19.1. The fourth-order valence-corrected chi connectivity index (χ4v) is 5.97. The number of carbonyl (C=O) groups is 1. The lowest BCUT2D eigenvalue weighted by Gasteiger charge is -2.43. The van der Waals surface area contributed by atoms with Crippen LogP contribution in [0.5, 0.6) is 0 Å². The number of nitrogens with zero attached hydrogens (tertiary/aromatic N) is 3. The maximum absolute atomic E-state index is 12.9. The van der Waals surface area contributed by atoms with Crippen LogP contribution in [0.3, 0.4) is 0 Å². The molecule has 4 rings (SSSR count). The van der Waals surface area contributed by atoms with Gasteiger partial charge in [-0.15, -0.1) is 0 Å². The second-order valence-corrected chi connectivity index (χ2v) is 10.8. The Balaban J connectivity index is 1.45. The second kappa shape index (κ2) is 8.37. The molecule has 1 spiro atoms. The van der Waals surface area contributed by atoms with Crippen LogP contribution in [-0.4, -0.2) is 53.1 Å². The van der Waals surface area contributed by atoms with Crippen LogP contribution in [0, 0.1) is 0 Å². The van der Waals surface area contributed by atoms with Crippen LogP contribution < -0.4 is 5.32 Å². The maximum atomic E-state index is 12.9. The van der Waals surface area contributed by atoms with Gasteiger partial charge in [-0.25, -0.2) is 12.7 Å². The fraction of sp³-hybridized carbons (Fsp3) is 0.545. The van der Waals surface area contributed by atoms with Crippen molar-refractivity contribution in [2.45, 2.75) is 57.1 Å². The van der Waals surface area contributed by atoms with Gasteiger partial charge in [-0.2, -0.15) is 5.10 Å². The molecule has 0 bridgehead atoms. The van der Waals surface area contributed by atoms with Crippen molar-refractivity contribution >= 4 is 15.9 Å². The van der Waals surface area contributed by atoms with Crippen LogP contribution >= 0.6 is 0 Å². The second-order valence-electron chi connectivity index (χ2n) is 8.81. The van der Waals surface area contributed by atoms with Gasteiger partial charge in [-0.1, -0.05) is 30.3 Å². The van der Waals surface area contributed by atoms with Gasteiger partial charge in [-0.05, 0) is 32.3 Å². The van der Waals surface area contributed by atoms with Crippen molar-refractivity contribution in [1.82, 2.24) is 19.4 Å². The number of aryl methyl sites for hydroxylation is 1. The van der Waals surface area contributed by atoms with E-state index in [9.17, 15) is 13.2 Å². The van der Waals surface area contributed by atoms with Crippen molar-refractivity contribution in [3.05, 3.63) is 52.8 Å². The molecule has 1 saturated heterocycles. The van der Waals surface area contributed by atoms with E-state index in [1.54, 1.807) is 8.99 Å². The molecule has 3 heterocycles. The Morgan fingerprint density at radius 2 is 1.90 bits per heavy atom. The molecular formula is C22H30N4O4S. The van der Waals surface area contributed by atoms with E-state index in [-0.39, 0.29) is 17.7 Å². The average molecular weight is 447 g/mol. The van der Waals surface area contributed by atoms with Crippen molar-refractivity contribution in [3.8, 4) is 0 Å². The van der Waals surface area contributed by atoms with E-state index in [1.807, 2.05) is 51.2 Å². The smallest absolute Gasteiger partial charge is 0.272 e. The van der Waals surface area contributed by atoms with E-state index in [0.29, 0.717) is 44.7 Å². The van der Waals surface area contributed by atoms with E-state index in [1.165, 1.54) is 0 Å². The van der Waals surface area contributed by atoms with Crippen LogP contribution in [0.1, 0.15) is 54.0 Å². The minimum Gasteiger partial charge on any atom is -0.370 e. The standard InChI is InChI=1S/C22H30N4O4S/c1-16(2)23-21(27)20-18-14-30-22(13-19(18)25(3)24-20)9-11-26(12-10-22)31(28,29)15-17-7-5-4-6-8-17/h4-8,16H,9-15H2,1-3H3,(H,23,27). The fourth-order valence-electron chi connectivity index (χ4n) is 4.44. The van der Waals surface area contributed by atoms with Gasteiger partial charge in [0.05, 0.1) is 18.0 Å². The van der Waals surface area contributed by atoms with Crippen molar-refractivity contribution < 1.29 is 17.9 Å². The topological polar surface area (TPSA) is 93.5 Å². The summed E-state index contributed by atoms with van der Waals surface area (Å²) >= 11 is 0. The van der Waals surface area contributed by atoms with Crippen LogP contribution in [0.25, 0.3) is 0 Å². The Labute approximate surface area is 183 Å². The quantitative estimate of drug-likeness (QED) is 0.758.